The summed E-state index contributed by atoms with van der Waals surface area (Å²) < 4.78 is 20.9. The van der Waals surface area contributed by atoms with Crippen molar-refractivity contribution in [1.82, 2.24) is 0 Å². The molecule has 0 aliphatic heterocycles. The van der Waals surface area contributed by atoms with Crippen LogP contribution in [0.25, 0.3) is 0 Å². The third-order valence-electron chi connectivity index (χ3n) is 2.34. The summed E-state index contributed by atoms with van der Waals surface area (Å²) in [6.45, 7) is 3.08. The fraction of sp³-hybridized carbons (Fsp3) is 0.500. The molecule has 1 rings (SSSR count). The molecule has 0 atom stereocenters. The van der Waals surface area contributed by atoms with Gasteiger partial charge in [-0.15, -0.1) is 0 Å². The monoisotopic (exact) mass is 268 g/mol. The van der Waals surface area contributed by atoms with Crippen LogP contribution in [0.3, 0.4) is 0 Å². The Morgan fingerprint density at radius 3 is 2.26 bits per heavy atom. The average Bonchev–Trinajstić information content (AvgIpc) is 2.46. The van der Waals surface area contributed by atoms with E-state index in [2.05, 4.69) is 0 Å². The fourth-order valence-corrected chi connectivity index (χ4v) is 1.38. The van der Waals surface area contributed by atoms with Crippen molar-refractivity contribution in [3.8, 4) is 5.75 Å². The maximum absolute atomic E-state index is 10.7. The lowest BCUT2D eigenvalue weighted by molar-refractivity contribution is 0.0179. The highest BCUT2D eigenvalue weighted by Gasteiger charge is 2.00. The molecule has 19 heavy (non-hydrogen) atoms. The molecule has 0 radical (unpaired) electrons. The van der Waals surface area contributed by atoms with Gasteiger partial charge in [0.2, 0.25) is 0 Å². The molecule has 0 aliphatic carbocycles. The van der Waals surface area contributed by atoms with Crippen molar-refractivity contribution >= 4 is 6.29 Å². The van der Waals surface area contributed by atoms with Crippen molar-refractivity contribution in [2.24, 2.45) is 0 Å². The number of carbonyl (C=O) groups excluding carboxylic acids is 1. The van der Waals surface area contributed by atoms with Crippen LogP contribution in [0.15, 0.2) is 24.3 Å². The minimum atomic E-state index is 0.406. The number of hydrogen-bond acceptors (Lipinski definition) is 5. The molecule has 0 unspecified atom stereocenters. The summed E-state index contributed by atoms with van der Waals surface area (Å²) >= 11 is 0. The molecule has 1 aromatic carbocycles. The second kappa shape index (κ2) is 10.5. The average molecular weight is 268 g/mol. The lowest BCUT2D eigenvalue weighted by atomic mass is 10.2. The summed E-state index contributed by atoms with van der Waals surface area (Å²) in [4.78, 5) is 10.7. The van der Waals surface area contributed by atoms with Crippen molar-refractivity contribution in [3.63, 3.8) is 0 Å². The Bertz CT molecular complexity index is 353. The molecule has 0 saturated carbocycles. The van der Waals surface area contributed by atoms with Gasteiger partial charge in [0.25, 0.3) is 0 Å². The van der Waals surface area contributed by atoms with Gasteiger partial charge in [-0.25, -0.2) is 0 Å². The summed E-state index contributed by atoms with van der Waals surface area (Å²) in [6.07, 6.45) is 0.778. The van der Waals surface area contributed by atoms with Gasteiger partial charge in [-0.3, -0.25) is 4.79 Å². The Morgan fingerprint density at radius 1 is 0.947 bits per heavy atom. The van der Waals surface area contributed by atoms with Crippen LogP contribution in [-0.4, -0.2) is 53.0 Å². The molecular formula is C14H20O5. The van der Waals surface area contributed by atoms with Crippen molar-refractivity contribution in [1.29, 1.82) is 0 Å². The molecule has 106 valence electrons. The third kappa shape index (κ3) is 6.91. The molecule has 0 saturated heterocycles. The van der Waals surface area contributed by atoms with Crippen LogP contribution in [-0.2, 0) is 14.2 Å². The predicted octanol–water partition coefficient (Wildman–Crippen LogP) is 1.56. The van der Waals surface area contributed by atoms with Crippen LogP contribution in [0.1, 0.15) is 10.4 Å². The second-order valence-corrected chi connectivity index (χ2v) is 3.72. The highest BCUT2D eigenvalue weighted by molar-refractivity contribution is 5.79. The first-order valence-corrected chi connectivity index (χ1v) is 6.20. The zero-order valence-electron chi connectivity index (χ0n) is 11.2. The van der Waals surface area contributed by atoms with Crippen LogP contribution < -0.4 is 4.74 Å². The van der Waals surface area contributed by atoms with Gasteiger partial charge in [-0.2, -0.15) is 0 Å². The maximum atomic E-state index is 10.7. The molecule has 5 nitrogen and oxygen atoms in total. The number of rotatable bonds is 11. The zero-order valence-corrected chi connectivity index (χ0v) is 11.2. The Kier molecular flexibility index (Phi) is 8.63. The molecule has 5 heteroatoms. The second-order valence-electron chi connectivity index (χ2n) is 3.72. The smallest absolute Gasteiger partial charge is 0.153 e. The van der Waals surface area contributed by atoms with E-state index < -0.39 is 0 Å². The number of methoxy groups -OCH3 is 1. The van der Waals surface area contributed by atoms with E-state index in [4.69, 9.17) is 18.9 Å². The lowest BCUT2D eigenvalue weighted by Crippen LogP contribution is -2.12. The largest absolute Gasteiger partial charge is 0.490 e. The van der Waals surface area contributed by atoms with Gasteiger partial charge in [-0.1, -0.05) is 12.1 Å². The predicted molar refractivity (Wildman–Crippen MR) is 70.8 cm³/mol. The van der Waals surface area contributed by atoms with Crippen molar-refractivity contribution < 1.29 is 23.7 Å². The number of hydrogen-bond donors (Lipinski definition) is 0. The summed E-state index contributed by atoms with van der Waals surface area (Å²) in [6, 6.07) is 7.10. The number of carbonyl (C=O) groups is 1. The number of aldehydes is 1. The van der Waals surface area contributed by atoms with Gasteiger partial charge in [0.05, 0.1) is 38.6 Å². The quantitative estimate of drug-likeness (QED) is 0.450. The van der Waals surface area contributed by atoms with E-state index in [1.54, 1.807) is 25.3 Å². The summed E-state index contributed by atoms with van der Waals surface area (Å²) in [5.41, 5.74) is 0.547. The van der Waals surface area contributed by atoms with Crippen LogP contribution in [0.2, 0.25) is 0 Å². The molecule has 0 heterocycles. The van der Waals surface area contributed by atoms with Gasteiger partial charge in [0, 0.05) is 7.11 Å². The van der Waals surface area contributed by atoms with Crippen molar-refractivity contribution in [2.75, 3.05) is 46.8 Å². The molecule has 1 aromatic rings. The van der Waals surface area contributed by atoms with Gasteiger partial charge in [-0.05, 0) is 12.1 Å². The Balaban J connectivity index is 2.03. The molecule has 0 aliphatic rings. The lowest BCUT2D eigenvalue weighted by Gasteiger charge is -2.09. The van der Waals surface area contributed by atoms with E-state index in [1.807, 2.05) is 6.07 Å². The number of benzene rings is 1. The minimum Gasteiger partial charge on any atom is -0.490 e. The highest BCUT2D eigenvalue weighted by Crippen LogP contribution is 2.15. The highest BCUT2D eigenvalue weighted by atomic mass is 16.6. The van der Waals surface area contributed by atoms with Crippen LogP contribution in [0.5, 0.6) is 5.75 Å². The zero-order chi connectivity index (χ0) is 13.8. The van der Waals surface area contributed by atoms with Gasteiger partial charge >= 0.3 is 0 Å². The molecule has 0 N–H and O–H groups in total. The SMILES string of the molecule is COCCOCCOCCOc1ccccc1C=O. The molecule has 0 bridgehead atoms. The summed E-state index contributed by atoms with van der Waals surface area (Å²) in [7, 11) is 1.63. The molecule has 0 fully saturated rings. The Hall–Kier alpha value is -1.43. The molecule has 0 aromatic heterocycles. The first-order chi connectivity index (χ1) is 9.38. The fourth-order valence-electron chi connectivity index (χ4n) is 1.38. The normalized spacial score (nSPS) is 10.4. The first kappa shape index (κ1) is 15.6. The maximum Gasteiger partial charge on any atom is 0.153 e. The molecule has 0 spiro atoms. The molecular weight excluding hydrogens is 248 g/mol. The van der Waals surface area contributed by atoms with E-state index in [0.717, 1.165) is 6.29 Å². The van der Waals surface area contributed by atoms with E-state index in [0.29, 0.717) is 51.0 Å². The third-order valence-corrected chi connectivity index (χ3v) is 2.34. The number of para-hydroxylation sites is 1. The summed E-state index contributed by atoms with van der Waals surface area (Å²) in [5.74, 6) is 0.581. The topological polar surface area (TPSA) is 54.0 Å². The van der Waals surface area contributed by atoms with Gasteiger partial charge < -0.3 is 18.9 Å². The van der Waals surface area contributed by atoms with Gasteiger partial charge in [0.1, 0.15) is 12.4 Å². The Morgan fingerprint density at radius 2 is 1.58 bits per heavy atom. The van der Waals surface area contributed by atoms with Crippen LogP contribution in [0, 0.1) is 0 Å². The summed E-state index contributed by atoms with van der Waals surface area (Å²) in [5, 5.41) is 0. The standard InChI is InChI=1S/C14H20O5/c1-16-6-7-17-8-9-18-10-11-19-14-5-3-2-4-13(14)12-15/h2-5,12H,6-11H2,1H3. The van der Waals surface area contributed by atoms with Crippen LogP contribution >= 0.6 is 0 Å². The van der Waals surface area contributed by atoms with E-state index in [-0.39, 0.29) is 0 Å². The Labute approximate surface area is 113 Å². The van der Waals surface area contributed by atoms with E-state index >= 15 is 0 Å². The van der Waals surface area contributed by atoms with Gasteiger partial charge in [0.15, 0.2) is 6.29 Å². The van der Waals surface area contributed by atoms with E-state index in [1.165, 1.54) is 0 Å². The van der Waals surface area contributed by atoms with Crippen LogP contribution in [0.4, 0.5) is 0 Å². The van der Waals surface area contributed by atoms with E-state index in [9.17, 15) is 4.79 Å². The van der Waals surface area contributed by atoms with Crippen molar-refractivity contribution in [2.45, 2.75) is 0 Å². The molecule has 0 amide bonds. The van der Waals surface area contributed by atoms with Crippen molar-refractivity contribution in [3.05, 3.63) is 29.8 Å². The first-order valence-electron chi connectivity index (χ1n) is 6.20. The number of ether oxygens (including phenoxy) is 4. The minimum absolute atomic E-state index is 0.406.